The lowest BCUT2D eigenvalue weighted by molar-refractivity contribution is 1.50. The van der Waals surface area contributed by atoms with Crippen LogP contribution in [0.3, 0.4) is 0 Å². The molecule has 1 aromatic carbocycles. The zero-order valence-corrected chi connectivity index (χ0v) is 8.05. The molecule has 0 aromatic heterocycles. The molecule has 0 spiro atoms. The fraction of sp³-hybridized carbons (Fsp3) is 0.100. The van der Waals surface area contributed by atoms with E-state index in [1.165, 1.54) is 17.3 Å². The SMILES string of the molecule is N=C(N)SC/C=C/c1ccccc1. The highest BCUT2D eigenvalue weighted by molar-refractivity contribution is 8.13. The summed E-state index contributed by atoms with van der Waals surface area (Å²) in [5.74, 6) is 0.754. The van der Waals surface area contributed by atoms with Crippen LogP contribution in [-0.4, -0.2) is 10.9 Å². The molecule has 3 N–H and O–H groups in total. The second-order valence-electron chi connectivity index (χ2n) is 2.49. The predicted molar refractivity (Wildman–Crippen MR) is 59.8 cm³/mol. The van der Waals surface area contributed by atoms with Crippen molar-refractivity contribution in [2.75, 3.05) is 5.75 Å². The lowest BCUT2D eigenvalue weighted by Crippen LogP contribution is -2.03. The van der Waals surface area contributed by atoms with Crippen LogP contribution in [0.25, 0.3) is 6.08 Å². The molecule has 0 saturated heterocycles. The summed E-state index contributed by atoms with van der Waals surface area (Å²) >= 11 is 1.32. The first-order chi connectivity index (χ1) is 6.29. The lowest BCUT2D eigenvalue weighted by atomic mass is 10.2. The number of nitrogens with one attached hydrogen (secondary N) is 1. The number of rotatable bonds is 3. The number of hydrogen-bond donors (Lipinski definition) is 2. The van der Waals surface area contributed by atoms with E-state index in [4.69, 9.17) is 11.1 Å². The fourth-order valence-corrected chi connectivity index (χ4v) is 1.26. The van der Waals surface area contributed by atoms with Gasteiger partial charge in [0.25, 0.3) is 0 Å². The third-order valence-electron chi connectivity index (χ3n) is 1.44. The summed E-state index contributed by atoms with van der Waals surface area (Å²) in [7, 11) is 0. The predicted octanol–water partition coefficient (Wildman–Crippen LogP) is 2.33. The molecule has 0 atom stereocenters. The second kappa shape index (κ2) is 5.43. The molecule has 68 valence electrons. The zero-order chi connectivity index (χ0) is 9.52. The van der Waals surface area contributed by atoms with E-state index in [0.717, 1.165) is 5.75 Å². The van der Waals surface area contributed by atoms with Gasteiger partial charge in [-0.1, -0.05) is 54.2 Å². The van der Waals surface area contributed by atoms with Crippen molar-refractivity contribution in [2.24, 2.45) is 5.73 Å². The summed E-state index contributed by atoms with van der Waals surface area (Å²) in [6.07, 6.45) is 4.03. The minimum absolute atomic E-state index is 0.165. The van der Waals surface area contributed by atoms with Crippen molar-refractivity contribution >= 4 is 23.0 Å². The summed E-state index contributed by atoms with van der Waals surface area (Å²) in [6, 6.07) is 10.1. The van der Waals surface area contributed by atoms with Crippen molar-refractivity contribution in [2.45, 2.75) is 0 Å². The van der Waals surface area contributed by atoms with Crippen LogP contribution in [0.5, 0.6) is 0 Å². The smallest absolute Gasteiger partial charge is 0.151 e. The van der Waals surface area contributed by atoms with Gasteiger partial charge in [-0.2, -0.15) is 0 Å². The Hall–Kier alpha value is -1.22. The molecule has 13 heavy (non-hydrogen) atoms. The first kappa shape index (κ1) is 9.86. The first-order valence-electron chi connectivity index (χ1n) is 3.97. The van der Waals surface area contributed by atoms with Crippen LogP contribution in [0.1, 0.15) is 5.56 Å². The van der Waals surface area contributed by atoms with Crippen molar-refractivity contribution in [1.29, 1.82) is 5.41 Å². The minimum Gasteiger partial charge on any atom is -0.379 e. The Morgan fingerprint density at radius 1 is 1.38 bits per heavy atom. The van der Waals surface area contributed by atoms with E-state index in [9.17, 15) is 0 Å². The van der Waals surface area contributed by atoms with Crippen LogP contribution in [0, 0.1) is 5.41 Å². The maximum atomic E-state index is 6.98. The minimum atomic E-state index is 0.165. The van der Waals surface area contributed by atoms with Gasteiger partial charge in [-0.3, -0.25) is 5.41 Å². The molecule has 0 aliphatic heterocycles. The van der Waals surface area contributed by atoms with Crippen LogP contribution in [0.2, 0.25) is 0 Å². The molecule has 1 aromatic rings. The third kappa shape index (κ3) is 4.38. The Labute approximate surface area is 82.3 Å². The van der Waals surface area contributed by atoms with E-state index in [1.54, 1.807) is 0 Å². The largest absolute Gasteiger partial charge is 0.379 e. The van der Waals surface area contributed by atoms with E-state index < -0.39 is 0 Å². The Morgan fingerprint density at radius 2 is 2.08 bits per heavy atom. The zero-order valence-electron chi connectivity index (χ0n) is 7.23. The van der Waals surface area contributed by atoms with E-state index in [2.05, 4.69) is 0 Å². The molecular formula is C10H12N2S. The van der Waals surface area contributed by atoms with Gasteiger partial charge in [0.05, 0.1) is 0 Å². The van der Waals surface area contributed by atoms with Gasteiger partial charge >= 0.3 is 0 Å². The summed E-state index contributed by atoms with van der Waals surface area (Å²) in [6.45, 7) is 0. The Bertz CT molecular complexity index is 293. The molecule has 0 radical (unpaired) electrons. The van der Waals surface area contributed by atoms with Gasteiger partial charge in [0, 0.05) is 5.75 Å². The van der Waals surface area contributed by atoms with Crippen molar-refractivity contribution in [1.82, 2.24) is 0 Å². The van der Waals surface area contributed by atoms with Crippen molar-refractivity contribution in [3.8, 4) is 0 Å². The molecule has 0 aliphatic rings. The highest BCUT2D eigenvalue weighted by atomic mass is 32.2. The molecule has 0 bridgehead atoms. The lowest BCUT2D eigenvalue weighted by Gasteiger charge is -1.92. The van der Waals surface area contributed by atoms with Crippen LogP contribution < -0.4 is 5.73 Å². The van der Waals surface area contributed by atoms with Gasteiger partial charge in [0.15, 0.2) is 5.17 Å². The Balaban J connectivity index is 2.37. The molecule has 0 unspecified atom stereocenters. The summed E-state index contributed by atoms with van der Waals surface area (Å²) in [4.78, 5) is 0. The molecule has 0 heterocycles. The Kier molecular flexibility index (Phi) is 4.12. The van der Waals surface area contributed by atoms with Crippen LogP contribution >= 0.6 is 11.8 Å². The molecule has 0 aliphatic carbocycles. The van der Waals surface area contributed by atoms with Gasteiger partial charge < -0.3 is 5.73 Å². The summed E-state index contributed by atoms with van der Waals surface area (Å²) in [5, 5.41) is 7.15. The molecular weight excluding hydrogens is 180 g/mol. The topological polar surface area (TPSA) is 49.9 Å². The normalized spacial score (nSPS) is 10.5. The van der Waals surface area contributed by atoms with Crippen molar-refractivity contribution in [3.63, 3.8) is 0 Å². The molecule has 0 fully saturated rings. The average molecular weight is 192 g/mol. The van der Waals surface area contributed by atoms with Crippen molar-refractivity contribution in [3.05, 3.63) is 42.0 Å². The van der Waals surface area contributed by atoms with Gasteiger partial charge in [-0.25, -0.2) is 0 Å². The maximum absolute atomic E-state index is 6.98. The molecule has 3 heteroatoms. The maximum Gasteiger partial charge on any atom is 0.151 e. The van der Waals surface area contributed by atoms with Gasteiger partial charge in [-0.15, -0.1) is 0 Å². The molecule has 2 nitrogen and oxygen atoms in total. The highest BCUT2D eigenvalue weighted by Crippen LogP contribution is 2.03. The number of nitrogens with two attached hydrogens (primary N) is 1. The van der Waals surface area contributed by atoms with E-state index in [1.807, 2.05) is 42.5 Å². The van der Waals surface area contributed by atoms with E-state index >= 15 is 0 Å². The fourth-order valence-electron chi connectivity index (χ4n) is 0.886. The van der Waals surface area contributed by atoms with Crippen LogP contribution in [0.4, 0.5) is 0 Å². The van der Waals surface area contributed by atoms with Crippen molar-refractivity contribution < 1.29 is 0 Å². The molecule has 0 saturated carbocycles. The second-order valence-corrected chi connectivity index (χ2v) is 3.55. The van der Waals surface area contributed by atoms with E-state index in [0.29, 0.717) is 0 Å². The van der Waals surface area contributed by atoms with Crippen LogP contribution in [0.15, 0.2) is 36.4 Å². The first-order valence-corrected chi connectivity index (χ1v) is 4.96. The highest BCUT2D eigenvalue weighted by Gasteiger charge is 1.86. The number of benzene rings is 1. The Morgan fingerprint density at radius 3 is 2.69 bits per heavy atom. The molecule has 0 amide bonds. The third-order valence-corrected chi connectivity index (χ3v) is 2.12. The standard InChI is InChI=1S/C10H12N2S/c11-10(12)13-8-4-7-9-5-2-1-3-6-9/h1-7H,8H2,(H3,11,12)/b7-4+. The number of thioether (sulfide) groups is 1. The monoisotopic (exact) mass is 192 g/mol. The number of hydrogen-bond acceptors (Lipinski definition) is 2. The van der Waals surface area contributed by atoms with Gasteiger partial charge in [0.1, 0.15) is 0 Å². The van der Waals surface area contributed by atoms with Crippen LogP contribution in [-0.2, 0) is 0 Å². The number of amidine groups is 1. The summed E-state index contributed by atoms with van der Waals surface area (Å²) < 4.78 is 0. The molecule has 1 rings (SSSR count). The van der Waals surface area contributed by atoms with Gasteiger partial charge in [0.2, 0.25) is 0 Å². The van der Waals surface area contributed by atoms with E-state index in [-0.39, 0.29) is 5.17 Å². The summed E-state index contributed by atoms with van der Waals surface area (Å²) in [5.41, 5.74) is 6.36. The van der Waals surface area contributed by atoms with Gasteiger partial charge in [-0.05, 0) is 5.56 Å². The average Bonchev–Trinajstić information content (AvgIpc) is 2.14. The quantitative estimate of drug-likeness (QED) is 0.570.